The predicted octanol–water partition coefficient (Wildman–Crippen LogP) is 1.27. The van der Waals surface area contributed by atoms with Gasteiger partial charge in [-0.25, -0.2) is 0 Å². The number of hydrogen-bond acceptors (Lipinski definition) is 4. The molecule has 1 fully saturated rings. The third-order valence-electron chi connectivity index (χ3n) is 3.53. The molecule has 6 heteroatoms. The lowest BCUT2D eigenvalue weighted by Gasteiger charge is -2.26. The molecular formula is C14H24N4OS. The summed E-state index contributed by atoms with van der Waals surface area (Å²) in [7, 11) is 0. The Hall–Kier alpha value is -0.980. The number of morpholine rings is 1. The van der Waals surface area contributed by atoms with E-state index >= 15 is 0 Å². The summed E-state index contributed by atoms with van der Waals surface area (Å²) in [6, 6.07) is 0. The van der Waals surface area contributed by atoms with Crippen LogP contribution in [-0.2, 0) is 4.74 Å². The molecule has 112 valence electrons. The number of hydrogen-bond donors (Lipinski definition) is 2. The molecular weight excluding hydrogens is 272 g/mol. The summed E-state index contributed by atoms with van der Waals surface area (Å²) in [6.45, 7) is 7.91. The first-order valence-electron chi connectivity index (χ1n) is 7.32. The van der Waals surface area contributed by atoms with Crippen LogP contribution in [0.15, 0.2) is 16.8 Å². The zero-order valence-corrected chi connectivity index (χ0v) is 13.0. The highest BCUT2D eigenvalue weighted by Gasteiger charge is 2.09. The minimum Gasteiger partial charge on any atom is -0.379 e. The van der Waals surface area contributed by atoms with E-state index < -0.39 is 0 Å². The fourth-order valence-corrected chi connectivity index (χ4v) is 2.48. The average Bonchev–Trinajstić information content (AvgIpc) is 2.88. The van der Waals surface area contributed by atoms with Crippen LogP contribution in [0.1, 0.15) is 26.2 Å². The van der Waals surface area contributed by atoms with Gasteiger partial charge in [-0.2, -0.15) is 5.10 Å². The van der Waals surface area contributed by atoms with E-state index in [-0.39, 0.29) is 0 Å². The van der Waals surface area contributed by atoms with Crippen LogP contribution in [-0.4, -0.2) is 55.1 Å². The Bertz CT molecular complexity index is 389. The number of nitrogens with one attached hydrogen (secondary N) is 2. The van der Waals surface area contributed by atoms with Gasteiger partial charge in [0, 0.05) is 19.6 Å². The lowest BCUT2D eigenvalue weighted by Crippen LogP contribution is -2.39. The first-order valence-corrected chi connectivity index (χ1v) is 7.72. The van der Waals surface area contributed by atoms with E-state index in [2.05, 4.69) is 33.7 Å². The van der Waals surface area contributed by atoms with E-state index in [1.165, 1.54) is 5.57 Å². The highest BCUT2D eigenvalue weighted by atomic mass is 32.1. The first kappa shape index (κ1) is 15.4. The topological polar surface area (TPSA) is 48.9 Å². The molecule has 1 aliphatic carbocycles. The first-order chi connectivity index (χ1) is 9.74. The zero-order valence-electron chi connectivity index (χ0n) is 12.2. The molecule has 0 aromatic carbocycles. The number of thiocarbonyl (C=S) groups is 1. The number of ether oxygens (including phenoxy) is 1. The highest BCUT2D eigenvalue weighted by molar-refractivity contribution is 7.80. The van der Waals surface area contributed by atoms with Gasteiger partial charge in [-0.1, -0.05) is 5.57 Å². The fourth-order valence-electron chi connectivity index (χ4n) is 2.33. The second kappa shape index (κ2) is 8.34. The minimum atomic E-state index is 0.609. The standard InChI is InChI=1S/C14H24N4OS/c1-12-3-4-13(11-12)16-17-14(20)15-5-2-6-18-7-9-19-10-8-18/h11H,2-10H2,1H3,(H2,15,17,20)/b16-13+. The molecule has 2 rings (SSSR count). The van der Waals surface area contributed by atoms with Gasteiger partial charge in [-0.05, 0) is 51.0 Å². The Labute approximate surface area is 126 Å². The number of rotatable bonds is 5. The molecule has 0 spiro atoms. The van der Waals surface area contributed by atoms with Crippen LogP contribution in [0.3, 0.4) is 0 Å². The van der Waals surface area contributed by atoms with Crippen LogP contribution < -0.4 is 10.7 Å². The van der Waals surface area contributed by atoms with Crippen molar-refractivity contribution in [1.82, 2.24) is 15.6 Å². The van der Waals surface area contributed by atoms with Gasteiger partial charge >= 0.3 is 0 Å². The van der Waals surface area contributed by atoms with Gasteiger partial charge < -0.3 is 10.1 Å². The Morgan fingerprint density at radius 3 is 2.90 bits per heavy atom. The van der Waals surface area contributed by atoms with Crippen LogP contribution in [0.2, 0.25) is 0 Å². The van der Waals surface area contributed by atoms with Gasteiger partial charge in [0.2, 0.25) is 0 Å². The van der Waals surface area contributed by atoms with Crippen molar-refractivity contribution in [1.29, 1.82) is 0 Å². The highest BCUT2D eigenvalue weighted by Crippen LogP contribution is 2.14. The molecule has 2 aliphatic rings. The van der Waals surface area contributed by atoms with Gasteiger partial charge in [0.25, 0.3) is 0 Å². The molecule has 20 heavy (non-hydrogen) atoms. The van der Waals surface area contributed by atoms with Gasteiger partial charge in [-0.3, -0.25) is 10.3 Å². The summed E-state index contributed by atoms with van der Waals surface area (Å²) < 4.78 is 5.32. The lowest BCUT2D eigenvalue weighted by atomic mass is 10.3. The normalized spacial score (nSPS) is 21.9. The maximum atomic E-state index is 5.32. The van der Waals surface area contributed by atoms with Crippen LogP contribution in [0, 0.1) is 0 Å². The Kier molecular flexibility index (Phi) is 6.42. The van der Waals surface area contributed by atoms with Crippen molar-refractivity contribution in [3.63, 3.8) is 0 Å². The van der Waals surface area contributed by atoms with Gasteiger partial charge in [0.15, 0.2) is 5.11 Å². The Morgan fingerprint density at radius 2 is 2.20 bits per heavy atom. The van der Waals surface area contributed by atoms with Gasteiger partial charge in [0.05, 0.1) is 18.9 Å². The van der Waals surface area contributed by atoms with E-state index in [9.17, 15) is 0 Å². The predicted molar refractivity (Wildman–Crippen MR) is 86.0 cm³/mol. The Balaban J connectivity index is 1.54. The second-order valence-electron chi connectivity index (χ2n) is 5.27. The summed E-state index contributed by atoms with van der Waals surface area (Å²) >= 11 is 5.20. The smallest absolute Gasteiger partial charge is 0.186 e. The number of nitrogens with zero attached hydrogens (tertiary/aromatic N) is 2. The van der Waals surface area contributed by atoms with Crippen molar-refractivity contribution in [3.8, 4) is 0 Å². The maximum absolute atomic E-state index is 5.32. The largest absolute Gasteiger partial charge is 0.379 e. The van der Waals surface area contributed by atoms with Gasteiger partial charge in [0.1, 0.15) is 0 Å². The van der Waals surface area contributed by atoms with Gasteiger partial charge in [-0.15, -0.1) is 0 Å². The van der Waals surface area contributed by atoms with E-state index in [0.717, 1.165) is 64.4 Å². The van der Waals surface area contributed by atoms with Crippen molar-refractivity contribution in [2.75, 3.05) is 39.4 Å². The summed E-state index contributed by atoms with van der Waals surface area (Å²) in [4.78, 5) is 2.42. The maximum Gasteiger partial charge on any atom is 0.186 e. The molecule has 1 heterocycles. The van der Waals surface area contributed by atoms with Crippen molar-refractivity contribution < 1.29 is 4.74 Å². The molecule has 2 N–H and O–H groups in total. The lowest BCUT2D eigenvalue weighted by molar-refractivity contribution is 0.0376. The third kappa shape index (κ3) is 5.56. The molecule has 0 atom stereocenters. The Morgan fingerprint density at radius 1 is 1.40 bits per heavy atom. The van der Waals surface area contributed by atoms with Crippen molar-refractivity contribution in [2.24, 2.45) is 5.10 Å². The molecule has 1 aliphatic heterocycles. The third-order valence-corrected chi connectivity index (χ3v) is 3.77. The van der Waals surface area contributed by atoms with Crippen molar-refractivity contribution in [2.45, 2.75) is 26.2 Å². The molecule has 0 aromatic heterocycles. The minimum absolute atomic E-state index is 0.609. The zero-order chi connectivity index (χ0) is 14.2. The van der Waals surface area contributed by atoms with E-state index in [4.69, 9.17) is 17.0 Å². The van der Waals surface area contributed by atoms with E-state index in [1.807, 2.05) is 0 Å². The number of hydrazone groups is 1. The van der Waals surface area contributed by atoms with Crippen LogP contribution in [0.4, 0.5) is 0 Å². The molecule has 0 saturated carbocycles. The van der Waals surface area contributed by atoms with Crippen LogP contribution in [0.5, 0.6) is 0 Å². The SMILES string of the molecule is CC1=C/C(=N/NC(=S)NCCCN2CCOCC2)CC1. The van der Waals surface area contributed by atoms with Crippen molar-refractivity contribution >= 4 is 23.0 Å². The van der Waals surface area contributed by atoms with E-state index in [0.29, 0.717) is 5.11 Å². The molecule has 5 nitrogen and oxygen atoms in total. The van der Waals surface area contributed by atoms with Crippen molar-refractivity contribution in [3.05, 3.63) is 11.6 Å². The number of allylic oxidation sites excluding steroid dienone is 2. The molecule has 0 radical (unpaired) electrons. The summed E-state index contributed by atoms with van der Waals surface area (Å²) in [5, 5.41) is 8.10. The monoisotopic (exact) mass is 296 g/mol. The fraction of sp³-hybridized carbons (Fsp3) is 0.714. The molecule has 0 unspecified atom stereocenters. The summed E-state index contributed by atoms with van der Waals surface area (Å²) in [5.74, 6) is 0. The van der Waals surface area contributed by atoms with E-state index in [1.54, 1.807) is 0 Å². The molecule has 1 saturated heterocycles. The molecule has 0 amide bonds. The molecule has 0 aromatic rings. The average molecular weight is 296 g/mol. The van der Waals surface area contributed by atoms with Crippen LogP contribution in [0.25, 0.3) is 0 Å². The summed E-state index contributed by atoms with van der Waals surface area (Å²) in [5.41, 5.74) is 5.38. The quantitative estimate of drug-likeness (QED) is 0.454. The molecule has 0 bridgehead atoms. The second-order valence-corrected chi connectivity index (χ2v) is 5.68. The summed E-state index contributed by atoms with van der Waals surface area (Å²) in [6.07, 6.45) is 5.32. The van der Waals surface area contributed by atoms with Crippen LogP contribution >= 0.6 is 12.2 Å².